The molecule has 0 saturated carbocycles. The summed E-state index contributed by atoms with van der Waals surface area (Å²) in [5.74, 6) is 9.04. The molecule has 14 heteroatoms. The van der Waals surface area contributed by atoms with E-state index in [0.29, 0.717) is 27.8 Å². The summed E-state index contributed by atoms with van der Waals surface area (Å²) in [5, 5.41) is 1.53. The van der Waals surface area contributed by atoms with Crippen LogP contribution in [0.4, 0.5) is 34.6 Å². The van der Waals surface area contributed by atoms with Crippen LogP contribution < -0.4 is 29.7 Å². The topological polar surface area (TPSA) is 116 Å². The molecule has 210 valence electrons. The number of nitrogens with two attached hydrogens (primary N) is 1. The van der Waals surface area contributed by atoms with Crippen molar-refractivity contribution in [3.8, 4) is 5.88 Å². The molecule has 1 aliphatic heterocycles. The normalized spacial score (nSPS) is 13.9. The van der Waals surface area contributed by atoms with Gasteiger partial charge in [0.2, 0.25) is 11.8 Å². The highest BCUT2D eigenvalue weighted by Gasteiger charge is 2.24. The van der Waals surface area contributed by atoms with Gasteiger partial charge in [-0.15, -0.1) is 0 Å². The minimum absolute atomic E-state index is 0.432. The molecular formula is C26H32BrN11OS. The Morgan fingerprint density at radius 3 is 2.42 bits per heavy atom. The monoisotopic (exact) mass is 625 g/mol. The molecule has 1 aromatic carbocycles. The van der Waals surface area contributed by atoms with Crippen molar-refractivity contribution in [1.29, 1.82) is 0 Å². The Hall–Kier alpha value is -3.46. The first-order valence-corrected chi connectivity index (χ1v) is 14.6. The Morgan fingerprint density at radius 2 is 1.70 bits per heavy atom. The molecule has 2 N–H and O–H groups in total. The molecule has 0 bridgehead atoms. The molecule has 5 rings (SSSR count). The Morgan fingerprint density at radius 1 is 0.975 bits per heavy atom. The van der Waals surface area contributed by atoms with Gasteiger partial charge >= 0.3 is 0 Å². The quantitative estimate of drug-likeness (QED) is 0.174. The average molecular weight is 627 g/mol. The van der Waals surface area contributed by atoms with Crippen molar-refractivity contribution in [3.63, 3.8) is 0 Å². The van der Waals surface area contributed by atoms with Crippen LogP contribution in [0.1, 0.15) is 0 Å². The molecule has 0 radical (unpaired) electrons. The molecule has 4 heterocycles. The predicted octanol–water partition coefficient (Wildman–Crippen LogP) is 3.83. The maximum absolute atomic E-state index is 6.74. The van der Waals surface area contributed by atoms with E-state index >= 15 is 0 Å². The molecule has 0 amide bonds. The number of pyridine rings is 1. The van der Waals surface area contributed by atoms with Crippen molar-refractivity contribution in [2.24, 2.45) is 5.84 Å². The summed E-state index contributed by atoms with van der Waals surface area (Å²) in [6.07, 6.45) is 7.03. The van der Waals surface area contributed by atoms with Crippen LogP contribution in [0, 0.1) is 0 Å². The summed E-state index contributed by atoms with van der Waals surface area (Å²) in [6, 6.07) is 7.81. The third kappa shape index (κ3) is 5.44. The second kappa shape index (κ2) is 12.0. The maximum atomic E-state index is 6.74. The smallest absolute Gasteiger partial charge is 0.239 e. The van der Waals surface area contributed by atoms with Crippen molar-refractivity contribution in [2.45, 2.75) is 0 Å². The Bertz CT molecular complexity index is 1500. The predicted molar refractivity (Wildman–Crippen MR) is 166 cm³/mol. The summed E-state index contributed by atoms with van der Waals surface area (Å²) >= 11 is 5.14. The molecule has 0 atom stereocenters. The number of rotatable bonds is 8. The fourth-order valence-corrected chi connectivity index (χ4v) is 5.29. The van der Waals surface area contributed by atoms with Crippen LogP contribution in [-0.2, 0) is 0 Å². The van der Waals surface area contributed by atoms with Crippen molar-refractivity contribution < 1.29 is 4.74 Å². The van der Waals surface area contributed by atoms with E-state index in [2.05, 4.69) is 47.7 Å². The van der Waals surface area contributed by atoms with E-state index in [1.165, 1.54) is 5.01 Å². The molecule has 1 aliphatic rings. The molecule has 0 spiro atoms. The average Bonchev–Trinajstić information content (AvgIpc) is 2.99. The first-order valence-electron chi connectivity index (χ1n) is 12.6. The van der Waals surface area contributed by atoms with Gasteiger partial charge in [0.05, 0.1) is 22.8 Å². The summed E-state index contributed by atoms with van der Waals surface area (Å²) in [6.45, 7) is 3.83. The van der Waals surface area contributed by atoms with E-state index in [-0.39, 0.29) is 0 Å². The molecule has 1 saturated heterocycles. The van der Waals surface area contributed by atoms with Crippen molar-refractivity contribution in [2.75, 3.05) is 79.8 Å². The molecule has 0 unspecified atom stereocenters. The molecule has 1 fully saturated rings. The SMILES string of the molecule is COc1nc(N2CCN(C)CC2)ccc1N(C)c1ncc(Br)c(N(N)c2ccc3nccnc3c2N(C)SC)n1. The molecule has 40 heavy (non-hydrogen) atoms. The van der Waals surface area contributed by atoms with Gasteiger partial charge in [0.25, 0.3) is 0 Å². The lowest BCUT2D eigenvalue weighted by molar-refractivity contribution is 0.311. The number of ether oxygens (including phenoxy) is 1. The van der Waals surface area contributed by atoms with E-state index in [4.69, 9.17) is 20.5 Å². The van der Waals surface area contributed by atoms with E-state index in [1.54, 1.807) is 37.6 Å². The number of hydrogen-bond acceptors (Lipinski definition) is 13. The van der Waals surface area contributed by atoms with Gasteiger partial charge in [0.15, 0.2) is 5.82 Å². The van der Waals surface area contributed by atoms with E-state index in [9.17, 15) is 0 Å². The number of hydrogen-bond donors (Lipinski definition) is 1. The number of hydrazine groups is 1. The second-order valence-corrected chi connectivity index (χ2v) is 11.1. The van der Waals surface area contributed by atoms with Gasteiger partial charge in [0.1, 0.15) is 22.7 Å². The largest absolute Gasteiger partial charge is 0.479 e. The second-order valence-electron chi connectivity index (χ2n) is 9.30. The zero-order chi connectivity index (χ0) is 28.4. The Labute approximate surface area is 246 Å². The van der Waals surface area contributed by atoms with Gasteiger partial charge in [-0.1, -0.05) is 11.9 Å². The third-order valence-electron chi connectivity index (χ3n) is 6.89. The van der Waals surface area contributed by atoms with E-state index < -0.39 is 0 Å². The number of likely N-dealkylation sites (N-methyl/N-ethyl adjacent to an activating group) is 1. The lowest BCUT2D eigenvalue weighted by atomic mass is 10.2. The van der Waals surface area contributed by atoms with E-state index in [0.717, 1.165) is 54.4 Å². The first kappa shape index (κ1) is 28.1. The summed E-state index contributed by atoms with van der Waals surface area (Å²) in [7, 11) is 7.59. The summed E-state index contributed by atoms with van der Waals surface area (Å²) in [4.78, 5) is 29.6. The zero-order valence-corrected chi connectivity index (χ0v) is 25.5. The molecule has 3 aromatic heterocycles. The number of methoxy groups -OCH3 is 1. The van der Waals surface area contributed by atoms with Gasteiger partial charge < -0.3 is 23.7 Å². The van der Waals surface area contributed by atoms with E-state index in [1.807, 2.05) is 53.8 Å². The summed E-state index contributed by atoms with van der Waals surface area (Å²) in [5.41, 5.74) is 3.80. The number of nitrogens with zero attached hydrogens (tertiary/aromatic N) is 10. The number of anilines is 6. The van der Waals surface area contributed by atoms with Crippen LogP contribution in [0.5, 0.6) is 5.88 Å². The van der Waals surface area contributed by atoms with Crippen molar-refractivity contribution >= 4 is 73.6 Å². The zero-order valence-electron chi connectivity index (χ0n) is 23.1. The number of benzene rings is 1. The number of halogens is 1. The molecule has 4 aromatic rings. The minimum Gasteiger partial charge on any atom is -0.479 e. The Kier molecular flexibility index (Phi) is 8.40. The van der Waals surface area contributed by atoms with Crippen molar-refractivity contribution in [1.82, 2.24) is 29.8 Å². The third-order valence-corrected chi connectivity index (χ3v) is 8.18. The van der Waals surface area contributed by atoms with Crippen LogP contribution in [0.3, 0.4) is 0 Å². The van der Waals surface area contributed by atoms with Gasteiger partial charge in [-0.3, -0.25) is 15.0 Å². The number of aromatic nitrogens is 5. The van der Waals surface area contributed by atoms with Crippen LogP contribution in [0.2, 0.25) is 0 Å². The fourth-order valence-electron chi connectivity index (χ4n) is 4.55. The number of fused-ring (bicyclic) bond motifs is 1. The standard InChI is InChI=1S/C26H32BrN11OS/c1-34-12-14-37(15-13-34)21-9-8-20(25(32-21)39-4)35(2)26-31-16-17(27)24(33-26)38(28)19-7-6-18-22(30-11-10-29-18)23(19)36(3)40-5/h6-11,16H,12-15,28H2,1-5H3. The highest BCUT2D eigenvalue weighted by molar-refractivity contribution is 9.10. The molecule has 12 nitrogen and oxygen atoms in total. The van der Waals surface area contributed by atoms with Gasteiger partial charge in [-0.2, -0.15) is 9.97 Å². The summed E-state index contributed by atoms with van der Waals surface area (Å²) < 4.78 is 8.34. The lowest BCUT2D eigenvalue weighted by Gasteiger charge is -2.33. The maximum Gasteiger partial charge on any atom is 0.239 e. The fraction of sp³-hybridized carbons (Fsp3) is 0.346. The van der Waals surface area contributed by atoms with Gasteiger partial charge in [-0.05, 0) is 47.2 Å². The molecular weight excluding hydrogens is 594 g/mol. The minimum atomic E-state index is 0.432. The highest BCUT2D eigenvalue weighted by Crippen LogP contribution is 2.40. The lowest BCUT2D eigenvalue weighted by Crippen LogP contribution is -2.44. The first-order chi connectivity index (χ1) is 19.3. The molecule has 0 aliphatic carbocycles. The van der Waals surface area contributed by atoms with Crippen LogP contribution in [0.15, 0.2) is 47.3 Å². The van der Waals surface area contributed by atoms with Crippen LogP contribution in [-0.4, -0.2) is 90.5 Å². The van der Waals surface area contributed by atoms with Crippen molar-refractivity contribution in [3.05, 3.63) is 47.3 Å². The van der Waals surface area contributed by atoms with Crippen LogP contribution >= 0.6 is 27.9 Å². The van der Waals surface area contributed by atoms with Gasteiger partial charge in [0, 0.05) is 65.1 Å². The number of piperazine rings is 1. The Balaban J connectivity index is 1.49. The van der Waals surface area contributed by atoms with Gasteiger partial charge in [-0.25, -0.2) is 10.8 Å². The van der Waals surface area contributed by atoms with Crippen LogP contribution in [0.25, 0.3) is 11.0 Å². The highest BCUT2D eigenvalue weighted by atomic mass is 79.9.